The first-order valence-electron chi connectivity index (χ1n) is 4.57. The summed E-state index contributed by atoms with van der Waals surface area (Å²) in [5, 5.41) is 3.94. The largest absolute Gasteiger partial charge is 0.449 e. The molecule has 1 atom stereocenters. The van der Waals surface area contributed by atoms with E-state index < -0.39 is 0 Å². The third-order valence-electron chi connectivity index (χ3n) is 2.58. The average molecular weight is 200 g/mol. The standard InChI is InChI=1S/C10H14ClNO/c1-10(2)5-7(6-12-10)8-3-4-9(11)13-8/h3-4,7,12H,5-6H2,1-2H3. The monoisotopic (exact) mass is 199 g/mol. The van der Waals surface area contributed by atoms with Gasteiger partial charge in [0, 0.05) is 18.0 Å². The van der Waals surface area contributed by atoms with Crippen LogP contribution < -0.4 is 5.32 Å². The highest BCUT2D eigenvalue weighted by molar-refractivity contribution is 6.28. The lowest BCUT2D eigenvalue weighted by Gasteiger charge is -2.16. The Kier molecular flexibility index (Phi) is 2.12. The lowest BCUT2D eigenvalue weighted by atomic mass is 9.95. The topological polar surface area (TPSA) is 25.2 Å². The Bertz CT molecular complexity index is 306. The second kappa shape index (κ2) is 3.03. The summed E-state index contributed by atoms with van der Waals surface area (Å²) in [4.78, 5) is 0. The number of furan rings is 1. The van der Waals surface area contributed by atoms with E-state index in [1.165, 1.54) is 0 Å². The molecule has 0 bridgehead atoms. The minimum atomic E-state index is 0.226. The van der Waals surface area contributed by atoms with E-state index in [-0.39, 0.29) is 5.54 Å². The maximum absolute atomic E-state index is 5.72. The lowest BCUT2D eigenvalue weighted by molar-refractivity contribution is 0.435. The molecule has 0 amide bonds. The van der Waals surface area contributed by atoms with Crippen LogP contribution in [-0.2, 0) is 0 Å². The Morgan fingerprint density at radius 3 is 2.77 bits per heavy atom. The van der Waals surface area contributed by atoms with Crippen molar-refractivity contribution in [1.29, 1.82) is 0 Å². The third kappa shape index (κ3) is 1.89. The molecule has 72 valence electrons. The van der Waals surface area contributed by atoms with Gasteiger partial charge < -0.3 is 9.73 Å². The van der Waals surface area contributed by atoms with Crippen LogP contribution in [0.2, 0.25) is 5.22 Å². The molecule has 0 saturated carbocycles. The molecule has 1 unspecified atom stereocenters. The van der Waals surface area contributed by atoms with Gasteiger partial charge in [0.25, 0.3) is 0 Å². The van der Waals surface area contributed by atoms with E-state index in [0.29, 0.717) is 11.1 Å². The lowest BCUT2D eigenvalue weighted by Crippen LogP contribution is -2.31. The number of nitrogens with one attached hydrogen (secondary N) is 1. The normalized spacial score (nSPS) is 26.5. The molecule has 3 heteroatoms. The van der Waals surface area contributed by atoms with Gasteiger partial charge in [-0.2, -0.15) is 0 Å². The summed E-state index contributed by atoms with van der Waals surface area (Å²) < 4.78 is 5.39. The molecule has 1 saturated heterocycles. The molecule has 1 aliphatic heterocycles. The first kappa shape index (κ1) is 9.10. The first-order chi connectivity index (χ1) is 6.07. The zero-order chi connectivity index (χ0) is 9.47. The maximum atomic E-state index is 5.72. The van der Waals surface area contributed by atoms with Gasteiger partial charge in [-0.3, -0.25) is 0 Å². The molecule has 0 radical (unpaired) electrons. The predicted octanol–water partition coefficient (Wildman–Crippen LogP) is 2.79. The molecule has 0 spiro atoms. The fourth-order valence-electron chi connectivity index (χ4n) is 1.91. The van der Waals surface area contributed by atoms with Gasteiger partial charge in [0.15, 0.2) is 5.22 Å². The van der Waals surface area contributed by atoms with Crippen LogP contribution in [0.5, 0.6) is 0 Å². The van der Waals surface area contributed by atoms with Gasteiger partial charge in [-0.1, -0.05) is 0 Å². The fraction of sp³-hybridized carbons (Fsp3) is 0.600. The van der Waals surface area contributed by atoms with E-state index in [2.05, 4.69) is 19.2 Å². The second-order valence-electron chi connectivity index (χ2n) is 4.31. The average Bonchev–Trinajstić information content (AvgIpc) is 2.56. The van der Waals surface area contributed by atoms with Crippen LogP contribution in [0, 0.1) is 0 Å². The van der Waals surface area contributed by atoms with Gasteiger partial charge in [0.1, 0.15) is 5.76 Å². The van der Waals surface area contributed by atoms with Gasteiger partial charge in [0.05, 0.1) is 0 Å². The van der Waals surface area contributed by atoms with Crippen LogP contribution in [0.3, 0.4) is 0 Å². The van der Waals surface area contributed by atoms with E-state index in [9.17, 15) is 0 Å². The van der Waals surface area contributed by atoms with Gasteiger partial charge in [0.2, 0.25) is 0 Å². The molecule has 1 fully saturated rings. The quantitative estimate of drug-likeness (QED) is 0.753. The molecule has 1 aromatic rings. The van der Waals surface area contributed by atoms with Crippen molar-refractivity contribution in [2.24, 2.45) is 0 Å². The summed E-state index contributed by atoms with van der Waals surface area (Å²) in [6, 6.07) is 3.78. The van der Waals surface area contributed by atoms with Crippen molar-refractivity contribution in [3.05, 3.63) is 23.1 Å². The Balaban J connectivity index is 2.12. The van der Waals surface area contributed by atoms with Crippen molar-refractivity contribution < 1.29 is 4.42 Å². The molecular weight excluding hydrogens is 186 g/mol. The van der Waals surface area contributed by atoms with Gasteiger partial charge in [-0.25, -0.2) is 0 Å². The summed E-state index contributed by atoms with van der Waals surface area (Å²) in [6.07, 6.45) is 1.11. The van der Waals surface area contributed by atoms with E-state index in [1.807, 2.05) is 12.1 Å². The summed E-state index contributed by atoms with van der Waals surface area (Å²) in [6.45, 7) is 5.39. The summed E-state index contributed by atoms with van der Waals surface area (Å²) in [5.74, 6) is 1.48. The van der Waals surface area contributed by atoms with Crippen LogP contribution in [0.25, 0.3) is 0 Å². The molecule has 1 N–H and O–H groups in total. The fourth-order valence-corrected chi connectivity index (χ4v) is 2.06. The smallest absolute Gasteiger partial charge is 0.193 e. The second-order valence-corrected chi connectivity index (χ2v) is 4.68. The summed E-state index contributed by atoms with van der Waals surface area (Å²) in [5.41, 5.74) is 0.226. The molecule has 2 heterocycles. The van der Waals surface area contributed by atoms with Crippen LogP contribution in [0.4, 0.5) is 0 Å². The first-order valence-corrected chi connectivity index (χ1v) is 4.95. The van der Waals surface area contributed by atoms with Crippen LogP contribution in [0.15, 0.2) is 16.5 Å². The van der Waals surface area contributed by atoms with Gasteiger partial charge in [-0.15, -0.1) is 0 Å². The molecule has 0 aromatic carbocycles. The highest BCUT2D eigenvalue weighted by Gasteiger charge is 2.32. The summed E-state index contributed by atoms with van der Waals surface area (Å²) >= 11 is 5.72. The highest BCUT2D eigenvalue weighted by atomic mass is 35.5. The Hall–Kier alpha value is -0.470. The van der Waals surface area contributed by atoms with Crippen molar-refractivity contribution in [1.82, 2.24) is 5.32 Å². The number of hydrogen-bond acceptors (Lipinski definition) is 2. The van der Waals surface area contributed by atoms with E-state index in [1.54, 1.807) is 0 Å². The van der Waals surface area contributed by atoms with Crippen molar-refractivity contribution in [3.8, 4) is 0 Å². The Morgan fingerprint density at radius 2 is 2.31 bits per heavy atom. The highest BCUT2D eigenvalue weighted by Crippen LogP contribution is 2.33. The van der Waals surface area contributed by atoms with Crippen LogP contribution in [0.1, 0.15) is 31.9 Å². The molecular formula is C10H14ClNO. The van der Waals surface area contributed by atoms with Crippen LogP contribution >= 0.6 is 11.6 Å². The number of hydrogen-bond donors (Lipinski definition) is 1. The molecule has 1 aliphatic rings. The summed E-state index contributed by atoms with van der Waals surface area (Å²) in [7, 11) is 0. The minimum Gasteiger partial charge on any atom is -0.449 e. The molecule has 2 rings (SSSR count). The zero-order valence-corrected chi connectivity index (χ0v) is 8.69. The molecule has 0 aliphatic carbocycles. The van der Waals surface area contributed by atoms with E-state index >= 15 is 0 Å². The van der Waals surface area contributed by atoms with Crippen molar-refractivity contribution >= 4 is 11.6 Å². The molecule has 1 aromatic heterocycles. The van der Waals surface area contributed by atoms with E-state index in [4.69, 9.17) is 16.0 Å². The molecule has 2 nitrogen and oxygen atoms in total. The maximum Gasteiger partial charge on any atom is 0.193 e. The molecule has 13 heavy (non-hydrogen) atoms. The Morgan fingerprint density at radius 1 is 1.54 bits per heavy atom. The van der Waals surface area contributed by atoms with Gasteiger partial charge in [-0.05, 0) is 44.0 Å². The SMILES string of the molecule is CC1(C)CC(c2ccc(Cl)o2)CN1. The minimum absolute atomic E-state index is 0.226. The van der Waals surface area contributed by atoms with Crippen molar-refractivity contribution in [2.75, 3.05) is 6.54 Å². The third-order valence-corrected chi connectivity index (χ3v) is 2.78. The zero-order valence-electron chi connectivity index (χ0n) is 7.93. The van der Waals surface area contributed by atoms with Crippen molar-refractivity contribution in [2.45, 2.75) is 31.7 Å². The number of rotatable bonds is 1. The predicted molar refractivity (Wildman–Crippen MR) is 53.2 cm³/mol. The number of halogens is 1. The van der Waals surface area contributed by atoms with Gasteiger partial charge >= 0.3 is 0 Å². The van der Waals surface area contributed by atoms with Crippen LogP contribution in [-0.4, -0.2) is 12.1 Å². The van der Waals surface area contributed by atoms with Crippen molar-refractivity contribution in [3.63, 3.8) is 0 Å². The van der Waals surface area contributed by atoms with E-state index in [0.717, 1.165) is 18.7 Å². The Labute approximate surface area is 83.3 Å².